The van der Waals surface area contributed by atoms with E-state index in [1.165, 1.54) is 23.9 Å². The monoisotopic (exact) mass is 489 g/mol. The molecule has 0 aliphatic carbocycles. The fourth-order valence-corrected chi connectivity index (χ4v) is 4.65. The molecule has 0 unspecified atom stereocenters. The first-order valence-corrected chi connectivity index (χ1v) is 11.9. The minimum absolute atomic E-state index is 0.0149. The van der Waals surface area contributed by atoms with Crippen LogP contribution in [0.3, 0.4) is 0 Å². The number of piperazine rings is 1. The number of ether oxygens (including phenoxy) is 1. The fraction of sp³-hybridized carbons (Fsp3) is 0.240. The number of non-ortho nitro benzene ring substituents is 1. The van der Waals surface area contributed by atoms with E-state index in [1.54, 1.807) is 36.3 Å². The molecule has 1 saturated heterocycles. The number of hydrogen-bond acceptors (Lipinski definition) is 8. The molecule has 35 heavy (non-hydrogen) atoms. The second kappa shape index (κ2) is 10.9. The van der Waals surface area contributed by atoms with Crippen molar-refractivity contribution in [2.75, 3.05) is 43.9 Å². The van der Waals surface area contributed by atoms with Gasteiger partial charge in [0.15, 0.2) is 0 Å². The molecule has 2 heterocycles. The lowest BCUT2D eigenvalue weighted by Crippen LogP contribution is -2.49. The summed E-state index contributed by atoms with van der Waals surface area (Å²) in [5.74, 6) is 0.917. The first-order valence-electron chi connectivity index (χ1n) is 10.9. The van der Waals surface area contributed by atoms with Crippen molar-refractivity contribution in [2.24, 2.45) is 0 Å². The van der Waals surface area contributed by atoms with E-state index in [9.17, 15) is 20.2 Å². The van der Waals surface area contributed by atoms with Crippen molar-refractivity contribution in [3.63, 3.8) is 0 Å². The van der Waals surface area contributed by atoms with Crippen molar-refractivity contribution in [3.8, 4) is 23.1 Å². The number of nitro benzene ring substituents is 1. The van der Waals surface area contributed by atoms with Crippen LogP contribution in [0.15, 0.2) is 65.7 Å². The Balaban J connectivity index is 1.36. The van der Waals surface area contributed by atoms with Crippen molar-refractivity contribution >= 4 is 29.0 Å². The van der Waals surface area contributed by atoms with Gasteiger partial charge in [0, 0.05) is 49.6 Å². The lowest BCUT2D eigenvalue weighted by molar-refractivity contribution is -0.384. The Kier molecular flexibility index (Phi) is 7.48. The molecule has 1 amide bonds. The third-order valence-corrected chi connectivity index (χ3v) is 6.73. The van der Waals surface area contributed by atoms with Crippen LogP contribution in [-0.2, 0) is 4.79 Å². The molecule has 1 fully saturated rings. The highest BCUT2D eigenvalue weighted by molar-refractivity contribution is 8.00. The van der Waals surface area contributed by atoms with Crippen molar-refractivity contribution in [3.05, 3.63) is 76.3 Å². The maximum Gasteiger partial charge on any atom is 0.269 e. The summed E-state index contributed by atoms with van der Waals surface area (Å²) in [5, 5.41) is 20.9. The SMILES string of the molecule is COc1ccc(-c2ccc(C#N)c(SCC(=O)N3CCN(c4ccc([N+](=O)[O-])cc4)CC3)n2)cc1. The van der Waals surface area contributed by atoms with E-state index < -0.39 is 4.92 Å². The Morgan fingerprint density at radius 1 is 1.09 bits per heavy atom. The molecule has 178 valence electrons. The third kappa shape index (κ3) is 5.70. The number of aromatic nitrogens is 1. The average molecular weight is 490 g/mol. The lowest BCUT2D eigenvalue weighted by Gasteiger charge is -2.36. The quantitative estimate of drug-likeness (QED) is 0.278. The molecule has 1 aliphatic heterocycles. The van der Waals surface area contributed by atoms with Gasteiger partial charge in [0.25, 0.3) is 5.69 Å². The molecule has 0 spiro atoms. The number of thioether (sulfide) groups is 1. The molecule has 0 bridgehead atoms. The number of pyridine rings is 1. The zero-order valence-corrected chi connectivity index (χ0v) is 19.9. The molecular weight excluding hydrogens is 466 g/mol. The van der Waals surface area contributed by atoms with E-state index in [2.05, 4.69) is 16.0 Å². The highest BCUT2D eigenvalue weighted by atomic mass is 32.2. The van der Waals surface area contributed by atoms with Gasteiger partial charge < -0.3 is 14.5 Å². The van der Waals surface area contributed by atoms with Gasteiger partial charge in [-0.15, -0.1) is 0 Å². The number of benzene rings is 2. The van der Waals surface area contributed by atoms with Crippen LogP contribution < -0.4 is 9.64 Å². The minimum atomic E-state index is -0.419. The molecule has 1 aliphatic rings. The minimum Gasteiger partial charge on any atom is -0.497 e. The van der Waals surface area contributed by atoms with Crippen LogP contribution in [0.2, 0.25) is 0 Å². The maximum absolute atomic E-state index is 12.8. The molecule has 2 aromatic carbocycles. The number of methoxy groups -OCH3 is 1. The predicted molar refractivity (Wildman–Crippen MR) is 134 cm³/mol. The molecular formula is C25H23N5O4S. The fourth-order valence-electron chi connectivity index (χ4n) is 3.78. The molecule has 0 radical (unpaired) electrons. The van der Waals surface area contributed by atoms with Crippen molar-refractivity contribution in [1.29, 1.82) is 5.26 Å². The van der Waals surface area contributed by atoms with Gasteiger partial charge in [-0.25, -0.2) is 4.98 Å². The van der Waals surface area contributed by atoms with E-state index in [4.69, 9.17) is 4.74 Å². The van der Waals surface area contributed by atoms with Gasteiger partial charge in [-0.05, 0) is 48.5 Å². The summed E-state index contributed by atoms with van der Waals surface area (Å²) < 4.78 is 5.20. The number of amides is 1. The molecule has 0 atom stereocenters. The highest BCUT2D eigenvalue weighted by Gasteiger charge is 2.22. The van der Waals surface area contributed by atoms with Crippen LogP contribution in [-0.4, -0.2) is 59.8 Å². The Hall–Kier alpha value is -4.10. The summed E-state index contributed by atoms with van der Waals surface area (Å²) in [7, 11) is 1.61. The second-order valence-electron chi connectivity index (χ2n) is 7.82. The normalized spacial score (nSPS) is 13.3. The topological polar surface area (TPSA) is 113 Å². The molecule has 3 aromatic rings. The summed E-state index contributed by atoms with van der Waals surface area (Å²) in [6.45, 7) is 2.40. The molecule has 0 N–H and O–H groups in total. The number of nitriles is 1. The zero-order chi connectivity index (χ0) is 24.8. The second-order valence-corrected chi connectivity index (χ2v) is 8.78. The van der Waals surface area contributed by atoms with E-state index in [0.29, 0.717) is 36.8 Å². The van der Waals surface area contributed by atoms with Gasteiger partial charge in [0.2, 0.25) is 5.91 Å². The maximum atomic E-state index is 12.8. The number of carbonyl (C=O) groups excluding carboxylic acids is 1. The van der Waals surface area contributed by atoms with E-state index >= 15 is 0 Å². The van der Waals surface area contributed by atoms with Crippen LogP contribution in [0.4, 0.5) is 11.4 Å². The van der Waals surface area contributed by atoms with Crippen LogP contribution in [0, 0.1) is 21.4 Å². The van der Waals surface area contributed by atoms with Crippen molar-refractivity contribution in [2.45, 2.75) is 5.03 Å². The van der Waals surface area contributed by atoms with Gasteiger partial charge in [0.1, 0.15) is 16.8 Å². The van der Waals surface area contributed by atoms with E-state index in [-0.39, 0.29) is 17.3 Å². The number of nitrogens with zero attached hydrogens (tertiary/aromatic N) is 5. The Labute approximate surface area is 207 Å². The third-order valence-electron chi connectivity index (χ3n) is 5.76. The summed E-state index contributed by atoms with van der Waals surface area (Å²) in [5.41, 5.74) is 3.00. The molecule has 9 nitrogen and oxygen atoms in total. The Morgan fingerprint density at radius 2 is 1.77 bits per heavy atom. The van der Waals surface area contributed by atoms with Crippen LogP contribution in [0.5, 0.6) is 5.75 Å². The number of anilines is 1. The lowest BCUT2D eigenvalue weighted by atomic mass is 10.1. The zero-order valence-electron chi connectivity index (χ0n) is 19.1. The summed E-state index contributed by atoms with van der Waals surface area (Å²) in [6, 6.07) is 19.6. The van der Waals surface area contributed by atoms with Crippen molar-refractivity contribution < 1.29 is 14.5 Å². The van der Waals surface area contributed by atoms with Gasteiger partial charge in [-0.1, -0.05) is 11.8 Å². The van der Waals surface area contributed by atoms with Gasteiger partial charge in [-0.2, -0.15) is 5.26 Å². The summed E-state index contributed by atoms with van der Waals surface area (Å²) in [4.78, 5) is 31.8. The van der Waals surface area contributed by atoms with Gasteiger partial charge >= 0.3 is 0 Å². The number of carbonyl (C=O) groups is 1. The summed E-state index contributed by atoms with van der Waals surface area (Å²) in [6.07, 6.45) is 0. The largest absolute Gasteiger partial charge is 0.497 e. The predicted octanol–water partition coefficient (Wildman–Crippen LogP) is 3.98. The molecule has 10 heteroatoms. The Morgan fingerprint density at radius 3 is 2.37 bits per heavy atom. The highest BCUT2D eigenvalue weighted by Crippen LogP contribution is 2.27. The van der Waals surface area contributed by atoms with Crippen LogP contribution >= 0.6 is 11.8 Å². The summed E-state index contributed by atoms with van der Waals surface area (Å²) >= 11 is 1.26. The number of rotatable bonds is 7. The average Bonchev–Trinajstić information content (AvgIpc) is 2.91. The molecule has 4 rings (SSSR count). The smallest absolute Gasteiger partial charge is 0.269 e. The first-order chi connectivity index (χ1) is 17.0. The van der Waals surface area contributed by atoms with E-state index in [1.807, 2.05) is 24.3 Å². The number of nitro groups is 1. The van der Waals surface area contributed by atoms with Gasteiger partial charge in [-0.3, -0.25) is 14.9 Å². The van der Waals surface area contributed by atoms with Crippen molar-refractivity contribution in [1.82, 2.24) is 9.88 Å². The molecule has 1 aromatic heterocycles. The molecule has 0 saturated carbocycles. The van der Waals surface area contributed by atoms with E-state index in [0.717, 1.165) is 22.7 Å². The standard InChI is InChI=1S/C25H23N5O4S/c1-34-22-9-2-18(3-10-22)23-11-4-19(16-26)25(27-23)35-17-24(31)29-14-12-28(13-15-29)20-5-7-21(8-6-20)30(32)33/h2-11H,12-15,17H2,1H3. The number of hydrogen-bond donors (Lipinski definition) is 0. The first kappa shape index (κ1) is 24.0. The Bertz CT molecular complexity index is 1250. The van der Waals surface area contributed by atoms with Crippen LogP contribution in [0.1, 0.15) is 5.56 Å². The van der Waals surface area contributed by atoms with Crippen LogP contribution in [0.25, 0.3) is 11.3 Å². The van der Waals surface area contributed by atoms with Gasteiger partial charge in [0.05, 0.1) is 29.0 Å².